The van der Waals surface area contributed by atoms with Gasteiger partial charge in [0, 0.05) is 27.9 Å². The molecule has 2 aliphatic rings. The molecule has 5 aromatic rings. The van der Waals surface area contributed by atoms with E-state index in [1.165, 1.54) is 39.9 Å². The van der Waals surface area contributed by atoms with E-state index in [2.05, 4.69) is 124 Å². The Morgan fingerprint density at radius 1 is 0.500 bits per heavy atom. The second-order valence-corrected chi connectivity index (χ2v) is 12.8. The number of para-hydroxylation sites is 1. The molecule has 2 heteroatoms. The molecule has 0 radical (unpaired) electrons. The van der Waals surface area contributed by atoms with Gasteiger partial charge in [-0.25, -0.2) is 4.39 Å². The predicted molar refractivity (Wildman–Crippen MR) is 194 cm³/mol. The van der Waals surface area contributed by atoms with E-state index < -0.39 is 0 Å². The SMILES string of the molecule is CCC1(CC)C2=C(c3ccccc31)C(CC)(CC)c1cc(C=Cc3ccc(N(c4ccccc4)c4ccc(F)cc4)cc3)ccc12. The van der Waals surface area contributed by atoms with Gasteiger partial charge in [-0.3, -0.25) is 0 Å². The molecule has 46 heavy (non-hydrogen) atoms. The van der Waals surface area contributed by atoms with Gasteiger partial charge in [-0.05, 0) is 119 Å². The summed E-state index contributed by atoms with van der Waals surface area (Å²) in [5.41, 5.74) is 14.6. The van der Waals surface area contributed by atoms with Crippen molar-refractivity contribution in [2.45, 2.75) is 64.2 Å². The molecular weight excluding hydrogens is 561 g/mol. The summed E-state index contributed by atoms with van der Waals surface area (Å²) in [6, 6.07) is 41.9. The summed E-state index contributed by atoms with van der Waals surface area (Å²) in [7, 11) is 0. The van der Waals surface area contributed by atoms with Crippen LogP contribution in [0.4, 0.5) is 21.5 Å². The van der Waals surface area contributed by atoms with Crippen LogP contribution < -0.4 is 4.90 Å². The summed E-state index contributed by atoms with van der Waals surface area (Å²) < 4.78 is 13.7. The smallest absolute Gasteiger partial charge is 0.123 e. The zero-order valence-corrected chi connectivity index (χ0v) is 27.4. The zero-order chi connectivity index (χ0) is 31.9. The first-order valence-corrected chi connectivity index (χ1v) is 16.9. The highest BCUT2D eigenvalue weighted by Gasteiger charge is 2.54. The Hall–Kier alpha value is -4.69. The Kier molecular flexibility index (Phi) is 7.77. The van der Waals surface area contributed by atoms with E-state index in [4.69, 9.17) is 0 Å². The first-order chi connectivity index (χ1) is 22.5. The standard InChI is InChI=1S/C44H42FN/c1-5-43(6-2)39-17-13-12-16-37(39)41-42(43)38-29-22-32(30-40(38)44(41,7-3)8-4)19-18-31-20-25-35(26-21-31)46(34-14-10-9-11-15-34)36-27-23-33(45)24-28-36/h9-30H,5-8H2,1-4H3. The third-order valence-corrected chi connectivity index (χ3v) is 10.9. The molecule has 0 bridgehead atoms. The van der Waals surface area contributed by atoms with Crippen molar-refractivity contribution in [1.29, 1.82) is 0 Å². The van der Waals surface area contributed by atoms with Gasteiger partial charge in [0.15, 0.2) is 0 Å². The fourth-order valence-electron chi connectivity index (χ4n) is 8.44. The molecule has 0 saturated heterocycles. The topological polar surface area (TPSA) is 3.24 Å². The van der Waals surface area contributed by atoms with Gasteiger partial charge in [0.2, 0.25) is 0 Å². The van der Waals surface area contributed by atoms with Gasteiger partial charge in [0.05, 0.1) is 0 Å². The molecule has 7 rings (SSSR count). The van der Waals surface area contributed by atoms with Gasteiger partial charge >= 0.3 is 0 Å². The Morgan fingerprint density at radius 3 is 1.61 bits per heavy atom. The van der Waals surface area contributed by atoms with Crippen molar-refractivity contribution < 1.29 is 4.39 Å². The van der Waals surface area contributed by atoms with E-state index >= 15 is 0 Å². The molecule has 0 fully saturated rings. The van der Waals surface area contributed by atoms with Crippen molar-refractivity contribution in [2.75, 3.05) is 4.90 Å². The van der Waals surface area contributed by atoms with Crippen LogP contribution in [-0.4, -0.2) is 0 Å². The average Bonchev–Trinajstić information content (AvgIpc) is 3.57. The molecule has 1 nitrogen and oxygen atoms in total. The van der Waals surface area contributed by atoms with Gasteiger partial charge in [-0.15, -0.1) is 0 Å². The lowest BCUT2D eigenvalue weighted by Crippen LogP contribution is -2.25. The van der Waals surface area contributed by atoms with Crippen molar-refractivity contribution in [3.8, 4) is 0 Å². The molecule has 0 aromatic heterocycles. The number of allylic oxidation sites excluding steroid dienone is 2. The molecule has 0 unspecified atom stereocenters. The third-order valence-electron chi connectivity index (χ3n) is 10.9. The maximum Gasteiger partial charge on any atom is 0.123 e. The third kappa shape index (κ3) is 4.57. The van der Waals surface area contributed by atoms with Crippen LogP contribution in [0, 0.1) is 5.82 Å². The Morgan fingerprint density at radius 2 is 0.978 bits per heavy atom. The van der Waals surface area contributed by atoms with Gasteiger partial charge in [-0.2, -0.15) is 0 Å². The van der Waals surface area contributed by atoms with Gasteiger partial charge in [0.25, 0.3) is 0 Å². The quantitative estimate of drug-likeness (QED) is 0.152. The molecule has 0 N–H and O–H groups in total. The van der Waals surface area contributed by atoms with Crippen LogP contribution in [0.5, 0.6) is 0 Å². The summed E-state index contributed by atoms with van der Waals surface area (Å²) in [4.78, 5) is 2.15. The summed E-state index contributed by atoms with van der Waals surface area (Å²) in [5, 5.41) is 0. The Bertz CT molecular complexity index is 1920. The highest BCUT2D eigenvalue weighted by molar-refractivity contribution is 6.10. The molecule has 0 heterocycles. The maximum absolute atomic E-state index is 13.7. The summed E-state index contributed by atoms with van der Waals surface area (Å²) >= 11 is 0. The number of rotatable bonds is 9. The lowest BCUT2D eigenvalue weighted by molar-refractivity contribution is 0.518. The van der Waals surface area contributed by atoms with Crippen LogP contribution in [0.1, 0.15) is 86.8 Å². The van der Waals surface area contributed by atoms with E-state index in [-0.39, 0.29) is 16.6 Å². The van der Waals surface area contributed by atoms with Gasteiger partial charge in [0.1, 0.15) is 5.82 Å². The van der Waals surface area contributed by atoms with E-state index in [0.29, 0.717) is 0 Å². The molecular formula is C44H42FN. The highest BCUT2D eigenvalue weighted by Crippen LogP contribution is 2.66. The minimum Gasteiger partial charge on any atom is -0.311 e. The number of benzene rings is 5. The number of hydrogen-bond acceptors (Lipinski definition) is 1. The van der Waals surface area contributed by atoms with E-state index in [0.717, 1.165) is 48.3 Å². The largest absolute Gasteiger partial charge is 0.311 e. The van der Waals surface area contributed by atoms with Crippen LogP contribution >= 0.6 is 0 Å². The summed E-state index contributed by atoms with van der Waals surface area (Å²) in [6.45, 7) is 9.49. The van der Waals surface area contributed by atoms with E-state index in [1.54, 1.807) is 11.1 Å². The fourth-order valence-corrected chi connectivity index (χ4v) is 8.44. The molecule has 0 amide bonds. The molecule has 0 atom stereocenters. The number of halogens is 1. The fraction of sp³-hybridized carbons (Fsp3) is 0.227. The molecule has 5 aromatic carbocycles. The second-order valence-electron chi connectivity index (χ2n) is 12.8. The van der Waals surface area contributed by atoms with Crippen molar-refractivity contribution >= 4 is 40.4 Å². The maximum atomic E-state index is 13.7. The Labute approximate surface area is 273 Å². The van der Waals surface area contributed by atoms with Crippen LogP contribution in [-0.2, 0) is 10.8 Å². The first-order valence-electron chi connectivity index (χ1n) is 16.9. The van der Waals surface area contributed by atoms with E-state index in [9.17, 15) is 4.39 Å². The molecule has 0 saturated carbocycles. The van der Waals surface area contributed by atoms with Crippen molar-refractivity contribution in [1.82, 2.24) is 0 Å². The number of fused-ring (bicyclic) bond motifs is 4. The van der Waals surface area contributed by atoms with Crippen LogP contribution in [0.3, 0.4) is 0 Å². The minimum atomic E-state index is -0.237. The predicted octanol–water partition coefficient (Wildman–Crippen LogP) is 12.5. The number of nitrogens with zero attached hydrogens (tertiary/aromatic N) is 1. The van der Waals surface area contributed by atoms with Crippen LogP contribution in [0.2, 0.25) is 0 Å². The van der Waals surface area contributed by atoms with Gasteiger partial charge < -0.3 is 4.90 Å². The molecule has 230 valence electrons. The highest BCUT2D eigenvalue weighted by atomic mass is 19.1. The minimum absolute atomic E-state index is 0.0274. The van der Waals surface area contributed by atoms with Crippen molar-refractivity contribution in [3.05, 3.63) is 161 Å². The lowest BCUT2D eigenvalue weighted by atomic mass is 9.69. The van der Waals surface area contributed by atoms with Crippen LogP contribution in [0.25, 0.3) is 23.3 Å². The Balaban J connectivity index is 1.22. The van der Waals surface area contributed by atoms with E-state index in [1.807, 2.05) is 30.3 Å². The number of anilines is 3. The zero-order valence-electron chi connectivity index (χ0n) is 27.4. The van der Waals surface area contributed by atoms with Crippen molar-refractivity contribution in [3.63, 3.8) is 0 Å². The molecule has 2 aliphatic carbocycles. The normalized spacial score (nSPS) is 15.6. The monoisotopic (exact) mass is 603 g/mol. The molecule has 0 spiro atoms. The van der Waals surface area contributed by atoms with Crippen LogP contribution in [0.15, 0.2) is 121 Å². The number of hydrogen-bond donors (Lipinski definition) is 0. The van der Waals surface area contributed by atoms with Crippen molar-refractivity contribution in [2.24, 2.45) is 0 Å². The first kappa shape index (κ1) is 30.0. The average molecular weight is 604 g/mol. The summed E-state index contributed by atoms with van der Waals surface area (Å²) in [6.07, 6.45) is 8.88. The lowest BCUT2D eigenvalue weighted by Gasteiger charge is -2.34. The molecule has 0 aliphatic heterocycles. The second kappa shape index (κ2) is 11.9. The summed E-state index contributed by atoms with van der Waals surface area (Å²) in [5.74, 6) is -0.237. The van der Waals surface area contributed by atoms with Gasteiger partial charge in [-0.1, -0.05) is 113 Å².